The monoisotopic (exact) mass is 550 g/mol. The van der Waals surface area contributed by atoms with Gasteiger partial charge in [0, 0.05) is 42.9 Å². The van der Waals surface area contributed by atoms with Crippen LogP contribution in [0.25, 0.3) is 27.2 Å². The molecule has 35 heavy (non-hydrogen) atoms. The molecule has 9 nitrogen and oxygen atoms in total. The van der Waals surface area contributed by atoms with E-state index in [0.29, 0.717) is 21.4 Å². The fourth-order valence-electron chi connectivity index (χ4n) is 2.29. The summed E-state index contributed by atoms with van der Waals surface area (Å²) in [5.74, 6) is 0. The summed E-state index contributed by atoms with van der Waals surface area (Å²) in [5.41, 5.74) is 2.98. The van der Waals surface area contributed by atoms with Gasteiger partial charge >= 0.3 is 0 Å². The van der Waals surface area contributed by atoms with Crippen molar-refractivity contribution < 1.29 is 14.6 Å². The van der Waals surface area contributed by atoms with Crippen molar-refractivity contribution in [1.82, 2.24) is 9.97 Å². The molecule has 2 aromatic carbocycles. The summed E-state index contributed by atoms with van der Waals surface area (Å²) in [6, 6.07) is 14.7. The van der Waals surface area contributed by atoms with E-state index >= 15 is 0 Å². The number of hydrogen-bond acceptors (Lipinski definition) is 9. The molecule has 4 aromatic rings. The molecule has 0 amide bonds. The Morgan fingerprint density at radius 1 is 0.800 bits per heavy atom. The van der Waals surface area contributed by atoms with Gasteiger partial charge in [-0.3, -0.25) is 25.0 Å². The molecule has 0 aliphatic rings. The lowest BCUT2D eigenvalue weighted by molar-refractivity contribution is -0.445. The van der Waals surface area contributed by atoms with Gasteiger partial charge in [0.2, 0.25) is 6.20 Å². The van der Waals surface area contributed by atoms with E-state index in [0.717, 1.165) is 40.7 Å². The minimum Gasteiger partial charge on any atom is -0.296 e. The Labute approximate surface area is 217 Å². The van der Waals surface area contributed by atoms with Crippen molar-refractivity contribution in [3.8, 4) is 21.1 Å². The third-order valence-electron chi connectivity index (χ3n) is 3.71. The van der Waals surface area contributed by atoms with Crippen molar-refractivity contribution in [3.63, 3.8) is 0 Å². The average Bonchev–Trinajstić information content (AvgIpc) is 3.49. The topological polar surface area (TPSA) is 129 Å². The van der Waals surface area contributed by atoms with Gasteiger partial charge in [-0.2, -0.15) is 0 Å². The Morgan fingerprint density at radius 2 is 1.20 bits per heavy atom. The predicted octanol–water partition coefficient (Wildman–Crippen LogP) is 6.88. The number of benzene rings is 2. The Kier molecular flexibility index (Phi) is 11.1. The summed E-state index contributed by atoms with van der Waals surface area (Å²) in [6.07, 6.45) is 2.99. The Bertz CT molecular complexity index is 1300. The van der Waals surface area contributed by atoms with Crippen molar-refractivity contribution in [2.75, 3.05) is 7.05 Å². The highest BCUT2D eigenvalue weighted by Crippen LogP contribution is 2.26. The molecule has 0 atom stereocenters. The number of nitro groups is 2. The van der Waals surface area contributed by atoms with Crippen LogP contribution in [0.5, 0.6) is 0 Å². The van der Waals surface area contributed by atoms with Crippen molar-refractivity contribution in [2.45, 2.75) is 0 Å². The molecule has 0 unspecified atom stereocenters. The molecular formula is C22H16Cl2N4O5S2. The Balaban J connectivity index is 0.000000217. The maximum Gasteiger partial charge on any atom is 0.236 e. The molecule has 0 aliphatic carbocycles. The quantitative estimate of drug-likeness (QED) is 0.150. The molecular weight excluding hydrogens is 535 g/mol. The first-order valence-electron chi connectivity index (χ1n) is 9.45. The van der Waals surface area contributed by atoms with Crippen LogP contribution in [-0.2, 0) is 0 Å². The molecule has 0 fully saturated rings. The molecule has 180 valence electrons. The smallest absolute Gasteiger partial charge is 0.236 e. The van der Waals surface area contributed by atoms with Crippen molar-refractivity contribution >= 4 is 58.2 Å². The number of carbonyl (C=O) groups excluding carboxylic acids is 1. The Hall–Kier alpha value is -3.51. The number of aldehydes is 1. The van der Waals surface area contributed by atoms with E-state index in [4.69, 9.17) is 33.3 Å². The molecule has 0 bridgehead atoms. The second-order valence-corrected chi connectivity index (χ2v) is 8.92. The minimum absolute atomic E-state index is 0.472. The van der Waals surface area contributed by atoms with Crippen LogP contribution in [0.15, 0.2) is 65.5 Å². The number of hydrogen-bond donors (Lipinski definition) is 0. The second-order valence-electron chi connectivity index (χ2n) is 6.33. The lowest BCUT2D eigenvalue weighted by atomic mass is 10.2. The Morgan fingerprint density at radius 3 is 1.57 bits per heavy atom. The number of halogens is 2. The minimum atomic E-state index is -0.513. The van der Waals surface area contributed by atoms with Crippen molar-refractivity contribution in [2.24, 2.45) is 0 Å². The zero-order valence-corrected chi connectivity index (χ0v) is 21.1. The third kappa shape index (κ3) is 10.1. The van der Waals surface area contributed by atoms with E-state index in [-0.39, 0.29) is 0 Å². The van der Waals surface area contributed by atoms with Gasteiger partial charge in [0.05, 0.1) is 10.6 Å². The van der Waals surface area contributed by atoms with E-state index in [1.807, 2.05) is 24.3 Å². The second kappa shape index (κ2) is 14.0. The zero-order valence-electron chi connectivity index (χ0n) is 17.9. The highest BCUT2D eigenvalue weighted by molar-refractivity contribution is 7.13. The number of carbonyl (C=O) groups is 1. The van der Waals surface area contributed by atoms with E-state index in [9.17, 15) is 14.9 Å². The van der Waals surface area contributed by atoms with E-state index < -0.39 is 9.85 Å². The van der Waals surface area contributed by atoms with Crippen LogP contribution in [0.3, 0.4) is 0 Å². The summed E-state index contributed by atoms with van der Waals surface area (Å²) >= 11 is 14.4. The molecule has 2 heterocycles. The van der Waals surface area contributed by atoms with Gasteiger partial charge in [-0.1, -0.05) is 47.5 Å². The normalized spacial score (nSPS) is 10.0. The molecule has 0 saturated heterocycles. The molecule has 4 rings (SSSR count). The number of rotatable bonds is 5. The summed E-state index contributed by atoms with van der Waals surface area (Å²) in [5, 5.41) is 25.5. The first-order valence-corrected chi connectivity index (χ1v) is 12.0. The van der Waals surface area contributed by atoms with Crippen LogP contribution in [0, 0.1) is 20.2 Å². The van der Waals surface area contributed by atoms with Gasteiger partial charge < -0.3 is 0 Å². The predicted molar refractivity (Wildman–Crippen MR) is 139 cm³/mol. The summed E-state index contributed by atoms with van der Waals surface area (Å²) in [6.45, 7) is 0. The molecule has 0 spiro atoms. The standard InChI is InChI=1S/C11H7ClN2O2S.C10H6ClNOS.CH3NO2/c12-9-3-1-8(2-4-9)11-13-10(7-17-11)5-6-14(15)16;11-8-3-1-7(2-4-8)10-12-9(5-13)6-14-10;1-2(3)4/h1-7H;1-6H;1H3/b6-5+;;. The van der Waals surface area contributed by atoms with Gasteiger partial charge in [0.1, 0.15) is 15.7 Å². The van der Waals surface area contributed by atoms with Crippen LogP contribution in [0.4, 0.5) is 0 Å². The van der Waals surface area contributed by atoms with Gasteiger partial charge in [-0.15, -0.1) is 22.7 Å². The van der Waals surface area contributed by atoms with Crippen LogP contribution in [0.1, 0.15) is 16.2 Å². The molecule has 2 aromatic heterocycles. The number of nitrogens with zero attached hydrogens (tertiary/aromatic N) is 4. The molecule has 13 heteroatoms. The first-order chi connectivity index (χ1) is 16.7. The molecule has 0 saturated carbocycles. The van der Waals surface area contributed by atoms with Gasteiger partial charge in [0.25, 0.3) is 0 Å². The van der Waals surface area contributed by atoms with Gasteiger partial charge in [-0.05, 0) is 24.3 Å². The average molecular weight is 551 g/mol. The van der Waals surface area contributed by atoms with Crippen molar-refractivity contribution in [3.05, 3.63) is 107 Å². The van der Waals surface area contributed by atoms with Gasteiger partial charge in [0.15, 0.2) is 13.3 Å². The highest BCUT2D eigenvalue weighted by atomic mass is 35.5. The molecule has 0 radical (unpaired) electrons. The summed E-state index contributed by atoms with van der Waals surface area (Å²) in [7, 11) is 0.889. The lowest BCUT2D eigenvalue weighted by Crippen LogP contribution is -1.82. The maximum atomic E-state index is 10.4. The van der Waals surface area contributed by atoms with E-state index in [1.54, 1.807) is 35.0 Å². The lowest BCUT2D eigenvalue weighted by Gasteiger charge is -1.94. The van der Waals surface area contributed by atoms with E-state index in [1.165, 1.54) is 28.7 Å². The van der Waals surface area contributed by atoms with E-state index in [2.05, 4.69) is 9.97 Å². The highest BCUT2D eigenvalue weighted by Gasteiger charge is 2.04. The SMILES string of the molecule is C[N+](=O)[O-].O=Cc1csc(-c2ccc(Cl)cc2)n1.O=[N+]([O-])/C=C/c1csc(-c2ccc(Cl)cc2)n1. The number of aromatic nitrogens is 2. The number of thiazole rings is 2. The maximum absolute atomic E-state index is 10.4. The van der Waals surface area contributed by atoms with Crippen molar-refractivity contribution in [1.29, 1.82) is 0 Å². The first kappa shape index (κ1) is 27.7. The van der Waals surface area contributed by atoms with Crippen LogP contribution in [0.2, 0.25) is 10.0 Å². The van der Waals surface area contributed by atoms with Crippen LogP contribution < -0.4 is 0 Å². The fourth-order valence-corrected chi connectivity index (χ4v) is 4.11. The fraction of sp³-hybridized carbons (Fsp3) is 0.0455. The van der Waals surface area contributed by atoms with Crippen LogP contribution >= 0.6 is 45.9 Å². The largest absolute Gasteiger partial charge is 0.296 e. The summed E-state index contributed by atoms with van der Waals surface area (Å²) < 4.78 is 0. The third-order valence-corrected chi connectivity index (χ3v) is 6.04. The molecule has 0 aliphatic heterocycles. The summed E-state index contributed by atoms with van der Waals surface area (Å²) in [4.78, 5) is 36.8. The molecule has 0 N–H and O–H groups in total. The zero-order chi connectivity index (χ0) is 25.8. The van der Waals surface area contributed by atoms with Gasteiger partial charge in [-0.25, -0.2) is 9.97 Å². The van der Waals surface area contributed by atoms with Crippen LogP contribution in [-0.4, -0.2) is 33.1 Å².